The van der Waals surface area contributed by atoms with Gasteiger partial charge in [-0.3, -0.25) is 0 Å². The summed E-state index contributed by atoms with van der Waals surface area (Å²) in [5, 5.41) is 3.23. The van der Waals surface area contributed by atoms with Crippen LogP contribution in [-0.2, 0) is 11.3 Å². The summed E-state index contributed by atoms with van der Waals surface area (Å²) in [6.45, 7) is 8.94. The van der Waals surface area contributed by atoms with Gasteiger partial charge in [0, 0.05) is 12.6 Å². The highest BCUT2D eigenvalue weighted by atomic mass is 16.5. The average molecular weight is 238 g/mol. The Labute approximate surface area is 103 Å². The third kappa shape index (κ3) is 6.24. The van der Waals surface area contributed by atoms with Gasteiger partial charge in [0.05, 0.1) is 18.4 Å². The first-order valence-electron chi connectivity index (χ1n) is 6.13. The summed E-state index contributed by atoms with van der Waals surface area (Å²) in [6, 6.07) is 5.81. The smallest absolute Gasteiger partial charge is 0.213 e. The Morgan fingerprint density at radius 1 is 1.29 bits per heavy atom. The van der Waals surface area contributed by atoms with E-state index < -0.39 is 0 Å². The molecule has 4 nitrogen and oxygen atoms in total. The molecule has 0 amide bonds. The minimum Gasteiger partial charge on any atom is -0.475 e. The van der Waals surface area contributed by atoms with Gasteiger partial charge in [0.1, 0.15) is 6.61 Å². The Kier molecular flexibility index (Phi) is 6.58. The van der Waals surface area contributed by atoms with Crippen LogP contribution in [0.25, 0.3) is 0 Å². The molecule has 0 fully saturated rings. The van der Waals surface area contributed by atoms with Crippen LogP contribution in [0.3, 0.4) is 0 Å². The van der Waals surface area contributed by atoms with Crippen LogP contribution in [0.4, 0.5) is 0 Å². The number of aromatic nitrogens is 1. The monoisotopic (exact) mass is 238 g/mol. The molecule has 0 aliphatic carbocycles. The fourth-order valence-electron chi connectivity index (χ4n) is 1.32. The van der Waals surface area contributed by atoms with Crippen LogP contribution in [0, 0.1) is 0 Å². The second kappa shape index (κ2) is 8.03. The van der Waals surface area contributed by atoms with Gasteiger partial charge in [-0.1, -0.05) is 13.0 Å². The van der Waals surface area contributed by atoms with Crippen molar-refractivity contribution in [2.45, 2.75) is 33.4 Å². The van der Waals surface area contributed by atoms with E-state index in [0.29, 0.717) is 19.1 Å². The normalized spacial score (nSPS) is 10.8. The first-order chi connectivity index (χ1) is 8.22. The van der Waals surface area contributed by atoms with Gasteiger partial charge < -0.3 is 14.8 Å². The molecule has 1 aromatic heterocycles. The molecule has 0 saturated carbocycles. The second-order valence-corrected chi connectivity index (χ2v) is 4.02. The van der Waals surface area contributed by atoms with E-state index in [1.807, 2.05) is 32.0 Å². The molecule has 0 unspecified atom stereocenters. The van der Waals surface area contributed by atoms with Crippen LogP contribution in [0.5, 0.6) is 5.88 Å². The van der Waals surface area contributed by atoms with Crippen LogP contribution in [-0.4, -0.2) is 30.8 Å². The molecule has 0 saturated heterocycles. The zero-order valence-electron chi connectivity index (χ0n) is 10.9. The molecule has 96 valence electrons. The molecular formula is C13H22N2O2. The molecule has 0 spiro atoms. The molecule has 0 aliphatic heterocycles. The number of nitrogens with one attached hydrogen (secondary N) is 1. The zero-order chi connectivity index (χ0) is 12.5. The Morgan fingerprint density at radius 2 is 2.12 bits per heavy atom. The number of nitrogens with zero attached hydrogens (tertiary/aromatic N) is 1. The van der Waals surface area contributed by atoms with Gasteiger partial charge in [0.25, 0.3) is 0 Å². The Balaban J connectivity index is 2.32. The predicted molar refractivity (Wildman–Crippen MR) is 68.2 cm³/mol. The highest BCUT2D eigenvalue weighted by Crippen LogP contribution is 2.07. The van der Waals surface area contributed by atoms with Gasteiger partial charge in [-0.05, 0) is 26.5 Å². The lowest BCUT2D eigenvalue weighted by atomic mass is 10.3. The van der Waals surface area contributed by atoms with Gasteiger partial charge in [0.15, 0.2) is 0 Å². The molecule has 1 N–H and O–H groups in total. The van der Waals surface area contributed by atoms with Gasteiger partial charge in [0.2, 0.25) is 5.88 Å². The summed E-state index contributed by atoms with van der Waals surface area (Å²) in [6.07, 6.45) is 0.242. The second-order valence-electron chi connectivity index (χ2n) is 4.02. The molecular weight excluding hydrogens is 216 g/mol. The molecule has 0 atom stereocenters. The molecule has 1 aromatic rings. The topological polar surface area (TPSA) is 43.4 Å². The molecule has 1 rings (SSSR count). The minimum atomic E-state index is 0.242. The zero-order valence-corrected chi connectivity index (χ0v) is 10.9. The number of pyridine rings is 1. The number of hydrogen-bond donors (Lipinski definition) is 1. The third-order valence-electron chi connectivity index (χ3n) is 2.12. The molecule has 1 heterocycles. The van der Waals surface area contributed by atoms with Crippen molar-refractivity contribution in [1.29, 1.82) is 0 Å². The Bertz CT molecular complexity index is 316. The summed E-state index contributed by atoms with van der Waals surface area (Å²) >= 11 is 0. The minimum absolute atomic E-state index is 0.242. The van der Waals surface area contributed by atoms with Crippen LogP contribution in [0.15, 0.2) is 18.2 Å². The maximum Gasteiger partial charge on any atom is 0.213 e. The van der Waals surface area contributed by atoms with Crippen molar-refractivity contribution in [3.8, 4) is 5.88 Å². The number of ether oxygens (including phenoxy) is 2. The summed E-state index contributed by atoms with van der Waals surface area (Å²) in [5.74, 6) is 0.660. The van der Waals surface area contributed by atoms with Crippen LogP contribution >= 0.6 is 0 Å². The fourth-order valence-corrected chi connectivity index (χ4v) is 1.32. The van der Waals surface area contributed by atoms with Crippen molar-refractivity contribution in [3.05, 3.63) is 23.9 Å². The van der Waals surface area contributed by atoms with E-state index in [4.69, 9.17) is 9.47 Å². The van der Waals surface area contributed by atoms with E-state index in [9.17, 15) is 0 Å². The Hall–Kier alpha value is -1.13. The quantitative estimate of drug-likeness (QED) is 0.703. The van der Waals surface area contributed by atoms with Crippen molar-refractivity contribution < 1.29 is 9.47 Å². The lowest BCUT2D eigenvalue weighted by Gasteiger charge is -2.09. The van der Waals surface area contributed by atoms with Crippen molar-refractivity contribution in [3.63, 3.8) is 0 Å². The molecule has 0 aliphatic rings. The van der Waals surface area contributed by atoms with Crippen LogP contribution in [0.1, 0.15) is 26.5 Å². The lowest BCUT2D eigenvalue weighted by molar-refractivity contribution is 0.0542. The highest BCUT2D eigenvalue weighted by Gasteiger charge is 1.99. The average Bonchev–Trinajstić information content (AvgIpc) is 2.32. The van der Waals surface area contributed by atoms with Gasteiger partial charge in [-0.25, -0.2) is 4.98 Å². The van der Waals surface area contributed by atoms with E-state index in [0.717, 1.165) is 18.8 Å². The molecule has 17 heavy (non-hydrogen) atoms. The first-order valence-corrected chi connectivity index (χ1v) is 6.13. The standard InChI is InChI=1S/C13H22N2O2/c1-4-14-10-12-6-5-7-13(15-12)17-9-8-16-11(2)3/h5-7,11,14H,4,8-10H2,1-3H3. The number of rotatable bonds is 8. The maximum absolute atomic E-state index is 5.51. The highest BCUT2D eigenvalue weighted by molar-refractivity contribution is 5.15. The van der Waals surface area contributed by atoms with Crippen molar-refractivity contribution in [2.75, 3.05) is 19.8 Å². The maximum atomic E-state index is 5.51. The largest absolute Gasteiger partial charge is 0.475 e. The van der Waals surface area contributed by atoms with E-state index in [1.165, 1.54) is 0 Å². The van der Waals surface area contributed by atoms with Crippen molar-refractivity contribution in [2.24, 2.45) is 0 Å². The van der Waals surface area contributed by atoms with E-state index in [1.54, 1.807) is 0 Å². The summed E-state index contributed by atoms with van der Waals surface area (Å²) in [4.78, 5) is 4.39. The van der Waals surface area contributed by atoms with Gasteiger partial charge >= 0.3 is 0 Å². The lowest BCUT2D eigenvalue weighted by Crippen LogP contribution is -2.14. The van der Waals surface area contributed by atoms with Crippen molar-refractivity contribution >= 4 is 0 Å². The molecule has 0 aromatic carbocycles. The predicted octanol–water partition coefficient (Wildman–Crippen LogP) is 1.99. The summed E-state index contributed by atoms with van der Waals surface area (Å²) in [5.41, 5.74) is 0.995. The van der Waals surface area contributed by atoms with Gasteiger partial charge in [-0.2, -0.15) is 0 Å². The number of hydrogen-bond acceptors (Lipinski definition) is 4. The fraction of sp³-hybridized carbons (Fsp3) is 0.615. The SMILES string of the molecule is CCNCc1cccc(OCCOC(C)C)n1. The molecule has 4 heteroatoms. The summed E-state index contributed by atoms with van der Waals surface area (Å²) < 4.78 is 10.9. The van der Waals surface area contributed by atoms with E-state index >= 15 is 0 Å². The Morgan fingerprint density at radius 3 is 2.82 bits per heavy atom. The first kappa shape index (κ1) is 13.9. The molecule has 0 bridgehead atoms. The molecule has 0 radical (unpaired) electrons. The van der Waals surface area contributed by atoms with Gasteiger partial charge in [-0.15, -0.1) is 0 Å². The van der Waals surface area contributed by atoms with Crippen LogP contribution in [0.2, 0.25) is 0 Å². The van der Waals surface area contributed by atoms with Crippen LogP contribution < -0.4 is 10.1 Å². The summed E-state index contributed by atoms with van der Waals surface area (Å²) in [7, 11) is 0. The van der Waals surface area contributed by atoms with Crippen molar-refractivity contribution in [1.82, 2.24) is 10.3 Å². The van der Waals surface area contributed by atoms with E-state index in [-0.39, 0.29) is 6.10 Å². The van der Waals surface area contributed by atoms with E-state index in [2.05, 4.69) is 17.2 Å². The third-order valence-corrected chi connectivity index (χ3v) is 2.12.